The largest absolute Gasteiger partial charge is 0.385 e. The predicted molar refractivity (Wildman–Crippen MR) is 29.0 cm³/mol. The van der Waals surface area contributed by atoms with Crippen LogP contribution in [-0.4, -0.2) is 13.7 Å². The number of rotatable bonds is 1. The molecule has 0 fully saturated rings. The Morgan fingerprint density at radius 1 is 1.10 bits per heavy atom. The van der Waals surface area contributed by atoms with Crippen LogP contribution in [0, 0.1) is 0 Å². The zero-order valence-corrected chi connectivity index (χ0v) is 5.63. The minimum absolute atomic E-state index is 0.819. The summed E-state index contributed by atoms with van der Waals surface area (Å²) >= 11 is 0. The smallest absolute Gasteiger partial charge is 0.334 e. The van der Waals surface area contributed by atoms with Crippen molar-refractivity contribution in [2.75, 3.05) is 13.7 Å². The molecule has 0 spiro atoms. The molecule has 0 rings (SSSR count). The van der Waals surface area contributed by atoms with Crippen molar-refractivity contribution in [3.05, 3.63) is 12.2 Å². The van der Waals surface area contributed by atoms with Gasteiger partial charge in [0, 0.05) is 13.7 Å². The standard InChI is InChI=1S/C3H8O.C2F4/c1-3-4-2;3-1(4)2(5)6/h3H2,1-2H3;. The zero-order valence-electron chi connectivity index (χ0n) is 5.63. The summed E-state index contributed by atoms with van der Waals surface area (Å²) in [5, 5.41) is 0. The third kappa shape index (κ3) is 15.7. The quantitative estimate of drug-likeness (QED) is 0.536. The van der Waals surface area contributed by atoms with Crippen LogP contribution in [0.4, 0.5) is 17.6 Å². The van der Waals surface area contributed by atoms with Gasteiger partial charge >= 0.3 is 12.2 Å². The third-order valence-electron chi connectivity index (χ3n) is 0.432. The van der Waals surface area contributed by atoms with Gasteiger partial charge in [-0.2, -0.15) is 17.6 Å². The molecule has 0 atom stereocenters. The molecule has 0 unspecified atom stereocenters. The number of hydrogen-bond acceptors (Lipinski definition) is 1. The molecule has 0 aliphatic carbocycles. The lowest BCUT2D eigenvalue weighted by Gasteiger charge is -1.76. The summed E-state index contributed by atoms with van der Waals surface area (Å²) in [6.45, 7) is 2.78. The average Bonchev–Trinajstić information content (AvgIpc) is 1.89. The first-order chi connectivity index (χ1) is 4.56. The molecular weight excluding hydrogens is 152 g/mol. The molecule has 0 bridgehead atoms. The second kappa shape index (κ2) is 8.42. The monoisotopic (exact) mass is 160 g/mol. The molecular formula is C5H8F4O. The molecule has 10 heavy (non-hydrogen) atoms. The van der Waals surface area contributed by atoms with Crippen molar-refractivity contribution in [3.63, 3.8) is 0 Å². The molecule has 0 aromatic rings. The highest BCUT2D eigenvalue weighted by atomic mass is 19.3. The van der Waals surface area contributed by atoms with E-state index in [0.29, 0.717) is 0 Å². The van der Waals surface area contributed by atoms with E-state index in [0.717, 1.165) is 6.61 Å². The lowest BCUT2D eigenvalue weighted by molar-refractivity contribution is 0.215. The van der Waals surface area contributed by atoms with E-state index in [2.05, 4.69) is 4.74 Å². The summed E-state index contributed by atoms with van der Waals surface area (Å²) in [7, 11) is 1.68. The lowest BCUT2D eigenvalue weighted by Crippen LogP contribution is -1.73. The number of ether oxygens (including phenoxy) is 1. The Kier molecular flexibility index (Phi) is 10.2. The second-order valence-electron chi connectivity index (χ2n) is 1.10. The molecule has 0 saturated heterocycles. The molecule has 0 radical (unpaired) electrons. The van der Waals surface area contributed by atoms with E-state index >= 15 is 0 Å². The Morgan fingerprint density at radius 2 is 1.30 bits per heavy atom. The normalized spacial score (nSPS) is 7.80. The van der Waals surface area contributed by atoms with Gasteiger partial charge in [-0.3, -0.25) is 0 Å². The van der Waals surface area contributed by atoms with Crippen LogP contribution in [0.15, 0.2) is 12.2 Å². The lowest BCUT2D eigenvalue weighted by atomic mass is 10.9. The Bertz CT molecular complexity index is 81.8. The average molecular weight is 160 g/mol. The molecule has 0 heterocycles. The first-order valence-electron chi connectivity index (χ1n) is 2.41. The number of hydrogen-bond donors (Lipinski definition) is 0. The van der Waals surface area contributed by atoms with E-state index < -0.39 is 12.2 Å². The van der Waals surface area contributed by atoms with Gasteiger partial charge in [-0.05, 0) is 6.92 Å². The molecule has 0 N–H and O–H groups in total. The highest BCUT2D eigenvalue weighted by molar-refractivity contribution is 4.77. The van der Waals surface area contributed by atoms with Gasteiger partial charge in [0.25, 0.3) is 0 Å². The highest BCUT2D eigenvalue weighted by Crippen LogP contribution is 2.08. The van der Waals surface area contributed by atoms with E-state index in [1.165, 1.54) is 0 Å². The van der Waals surface area contributed by atoms with Crippen molar-refractivity contribution < 1.29 is 22.3 Å². The molecule has 1 nitrogen and oxygen atoms in total. The van der Waals surface area contributed by atoms with Crippen molar-refractivity contribution in [2.24, 2.45) is 0 Å². The van der Waals surface area contributed by atoms with Gasteiger partial charge in [0.15, 0.2) is 0 Å². The minimum Gasteiger partial charge on any atom is -0.385 e. The Morgan fingerprint density at radius 3 is 1.30 bits per heavy atom. The molecule has 5 heteroatoms. The molecule has 0 amide bonds. The van der Waals surface area contributed by atoms with Crippen LogP contribution in [-0.2, 0) is 4.74 Å². The molecule has 0 aliphatic heterocycles. The van der Waals surface area contributed by atoms with Gasteiger partial charge in [0.1, 0.15) is 0 Å². The minimum atomic E-state index is -2.91. The Labute approximate surface area is 56.3 Å². The fraction of sp³-hybridized carbons (Fsp3) is 0.600. The number of halogens is 4. The fourth-order valence-corrected chi connectivity index (χ4v) is 0. The second-order valence-corrected chi connectivity index (χ2v) is 1.10. The molecule has 0 aromatic heterocycles. The molecule has 62 valence electrons. The van der Waals surface area contributed by atoms with Crippen molar-refractivity contribution in [2.45, 2.75) is 6.92 Å². The van der Waals surface area contributed by atoms with E-state index in [4.69, 9.17) is 0 Å². The topological polar surface area (TPSA) is 9.23 Å². The van der Waals surface area contributed by atoms with E-state index in [1.807, 2.05) is 6.92 Å². The summed E-state index contributed by atoms with van der Waals surface area (Å²) in [5.41, 5.74) is 0. The van der Waals surface area contributed by atoms with Crippen molar-refractivity contribution >= 4 is 0 Å². The van der Waals surface area contributed by atoms with E-state index in [9.17, 15) is 17.6 Å². The summed E-state index contributed by atoms with van der Waals surface area (Å²) < 4.78 is 45.7. The summed E-state index contributed by atoms with van der Waals surface area (Å²) in [5.74, 6) is 0. The third-order valence-corrected chi connectivity index (χ3v) is 0.432. The van der Waals surface area contributed by atoms with Crippen molar-refractivity contribution in [1.29, 1.82) is 0 Å². The van der Waals surface area contributed by atoms with Gasteiger partial charge in [-0.15, -0.1) is 0 Å². The van der Waals surface area contributed by atoms with Crippen LogP contribution >= 0.6 is 0 Å². The van der Waals surface area contributed by atoms with Gasteiger partial charge in [-0.25, -0.2) is 0 Å². The Hall–Kier alpha value is -0.580. The van der Waals surface area contributed by atoms with Gasteiger partial charge in [-0.1, -0.05) is 0 Å². The van der Waals surface area contributed by atoms with E-state index in [1.54, 1.807) is 7.11 Å². The van der Waals surface area contributed by atoms with Crippen molar-refractivity contribution in [1.82, 2.24) is 0 Å². The zero-order chi connectivity index (χ0) is 8.57. The van der Waals surface area contributed by atoms with Gasteiger partial charge in [0.05, 0.1) is 0 Å². The molecule has 0 aromatic carbocycles. The van der Waals surface area contributed by atoms with Crippen LogP contribution < -0.4 is 0 Å². The first-order valence-corrected chi connectivity index (χ1v) is 2.41. The van der Waals surface area contributed by atoms with Crippen LogP contribution in [0.3, 0.4) is 0 Å². The van der Waals surface area contributed by atoms with Gasteiger partial charge < -0.3 is 4.74 Å². The fourth-order valence-electron chi connectivity index (χ4n) is 0. The molecule has 0 saturated carbocycles. The van der Waals surface area contributed by atoms with Crippen LogP contribution in [0.2, 0.25) is 0 Å². The summed E-state index contributed by atoms with van der Waals surface area (Å²) in [6.07, 6.45) is -5.81. The summed E-state index contributed by atoms with van der Waals surface area (Å²) in [6, 6.07) is 0. The predicted octanol–water partition coefficient (Wildman–Crippen LogP) is 2.64. The first kappa shape index (κ1) is 12.1. The maximum absolute atomic E-state index is 10.3. The van der Waals surface area contributed by atoms with Gasteiger partial charge in [0.2, 0.25) is 0 Å². The van der Waals surface area contributed by atoms with Crippen LogP contribution in [0.25, 0.3) is 0 Å². The molecule has 0 aliphatic rings. The van der Waals surface area contributed by atoms with Crippen LogP contribution in [0.5, 0.6) is 0 Å². The van der Waals surface area contributed by atoms with E-state index in [-0.39, 0.29) is 0 Å². The maximum Gasteiger partial charge on any atom is 0.334 e. The number of methoxy groups -OCH3 is 1. The maximum atomic E-state index is 10.3. The SMILES string of the molecule is CCOC.FC(F)=C(F)F. The van der Waals surface area contributed by atoms with Crippen LogP contribution in [0.1, 0.15) is 6.92 Å². The Balaban J connectivity index is 0. The van der Waals surface area contributed by atoms with Crippen molar-refractivity contribution in [3.8, 4) is 0 Å². The highest BCUT2D eigenvalue weighted by Gasteiger charge is 1.98. The summed E-state index contributed by atoms with van der Waals surface area (Å²) in [4.78, 5) is 0.